The highest BCUT2D eigenvalue weighted by atomic mass is 16.5. The third-order valence-electron chi connectivity index (χ3n) is 5.22. The summed E-state index contributed by atoms with van der Waals surface area (Å²) in [6.07, 6.45) is 1.86. The van der Waals surface area contributed by atoms with Crippen LogP contribution in [0.4, 0.5) is 0 Å². The van der Waals surface area contributed by atoms with Gasteiger partial charge in [0.25, 0.3) is 5.89 Å². The second-order valence-electron chi connectivity index (χ2n) is 7.69. The van der Waals surface area contributed by atoms with Crippen LogP contribution in [-0.4, -0.2) is 43.8 Å². The highest BCUT2D eigenvalue weighted by Gasteiger charge is 2.21. The Hall–Kier alpha value is -3.48. The van der Waals surface area contributed by atoms with E-state index in [9.17, 15) is 4.79 Å². The van der Waals surface area contributed by atoms with E-state index in [1.54, 1.807) is 4.68 Å². The molecule has 0 saturated heterocycles. The zero-order valence-electron chi connectivity index (χ0n) is 18.2. The van der Waals surface area contributed by atoms with Crippen LogP contribution in [0.25, 0.3) is 33.9 Å². The van der Waals surface area contributed by atoms with Gasteiger partial charge in [0.2, 0.25) is 11.7 Å². The van der Waals surface area contributed by atoms with Gasteiger partial charge in [0, 0.05) is 24.0 Å². The molecular formula is C24H27N5O2. The number of nitrogens with zero attached hydrogens (tertiary/aromatic N) is 5. The molecule has 7 nitrogen and oxygen atoms in total. The first-order valence-electron chi connectivity index (χ1n) is 10.7. The third kappa shape index (κ3) is 4.35. The van der Waals surface area contributed by atoms with Gasteiger partial charge in [-0.2, -0.15) is 10.1 Å². The minimum atomic E-state index is 0.0642. The number of carbonyl (C=O) groups excluding carboxylic acids is 1. The molecule has 0 aliphatic rings. The molecule has 1 amide bonds. The van der Waals surface area contributed by atoms with Crippen LogP contribution in [0.3, 0.4) is 0 Å². The summed E-state index contributed by atoms with van der Waals surface area (Å²) in [5, 5.41) is 9.71. The standard InChI is InChI=1S/C24H27N5O2/c1-4-14-28(15-5-2)21(30)16-29-20-9-7-6-8-19(20)22(26-29)24-25-23(27-31-24)18-12-10-17(3)11-13-18/h6-13H,4-5,14-16H2,1-3H3. The van der Waals surface area contributed by atoms with Gasteiger partial charge in [-0.1, -0.05) is 67.0 Å². The highest BCUT2D eigenvalue weighted by molar-refractivity contribution is 5.92. The molecule has 160 valence electrons. The fourth-order valence-corrected chi connectivity index (χ4v) is 3.67. The summed E-state index contributed by atoms with van der Waals surface area (Å²) in [4.78, 5) is 19.4. The molecule has 0 atom stereocenters. The topological polar surface area (TPSA) is 77.1 Å². The second-order valence-corrected chi connectivity index (χ2v) is 7.69. The van der Waals surface area contributed by atoms with Crippen LogP contribution >= 0.6 is 0 Å². The van der Waals surface area contributed by atoms with Crippen LogP contribution in [-0.2, 0) is 11.3 Å². The molecule has 0 aliphatic heterocycles. The summed E-state index contributed by atoms with van der Waals surface area (Å²) in [5.41, 5.74) is 3.51. The summed E-state index contributed by atoms with van der Waals surface area (Å²) in [7, 11) is 0. The van der Waals surface area contributed by atoms with Gasteiger partial charge in [0.05, 0.1) is 5.52 Å². The number of aromatic nitrogens is 4. The summed E-state index contributed by atoms with van der Waals surface area (Å²) in [6.45, 7) is 7.88. The molecule has 2 aromatic heterocycles. The number of benzene rings is 2. The molecule has 0 bridgehead atoms. The van der Waals surface area contributed by atoms with Crippen LogP contribution in [0.5, 0.6) is 0 Å². The van der Waals surface area contributed by atoms with Crippen molar-refractivity contribution < 1.29 is 9.32 Å². The Kier molecular flexibility index (Phi) is 6.11. The lowest BCUT2D eigenvalue weighted by molar-refractivity contribution is -0.132. The van der Waals surface area contributed by atoms with E-state index in [0.717, 1.165) is 42.4 Å². The van der Waals surface area contributed by atoms with E-state index in [-0.39, 0.29) is 12.5 Å². The maximum atomic E-state index is 12.9. The van der Waals surface area contributed by atoms with E-state index >= 15 is 0 Å². The minimum Gasteiger partial charge on any atom is -0.341 e. The van der Waals surface area contributed by atoms with Gasteiger partial charge in [0.1, 0.15) is 6.54 Å². The first-order valence-corrected chi connectivity index (χ1v) is 10.7. The number of carbonyl (C=O) groups is 1. The van der Waals surface area contributed by atoms with Crippen molar-refractivity contribution in [2.75, 3.05) is 13.1 Å². The van der Waals surface area contributed by atoms with Gasteiger partial charge in [-0.15, -0.1) is 0 Å². The van der Waals surface area contributed by atoms with E-state index in [4.69, 9.17) is 9.62 Å². The molecule has 0 saturated carbocycles. The maximum absolute atomic E-state index is 12.9. The van der Waals surface area contributed by atoms with Crippen LogP contribution < -0.4 is 0 Å². The van der Waals surface area contributed by atoms with Gasteiger partial charge < -0.3 is 9.42 Å². The normalized spacial score (nSPS) is 11.2. The predicted molar refractivity (Wildman–Crippen MR) is 120 cm³/mol. The maximum Gasteiger partial charge on any atom is 0.279 e. The lowest BCUT2D eigenvalue weighted by atomic mass is 10.1. The Balaban J connectivity index is 1.67. The minimum absolute atomic E-state index is 0.0642. The first-order chi connectivity index (χ1) is 15.1. The van der Waals surface area contributed by atoms with Gasteiger partial charge >= 0.3 is 0 Å². The van der Waals surface area contributed by atoms with Crippen molar-refractivity contribution in [1.29, 1.82) is 0 Å². The van der Waals surface area contributed by atoms with Crippen LogP contribution in [0.15, 0.2) is 53.1 Å². The van der Waals surface area contributed by atoms with Crippen molar-refractivity contribution in [3.05, 3.63) is 54.1 Å². The molecule has 0 aliphatic carbocycles. The van der Waals surface area contributed by atoms with Crippen molar-refractivity contribution in [3.8, 4) is 23.0 Å². The van der Waals surface area contributed by atoms with Gasteiger partial charge in [0.15, 0.2) is 5.69 Å². The lowest BCUT2D eigenvalue weighted by Crippen LogP contribution is -2.35. The van der Waals surface area contributed by atoms with Crippen molar-refractivity contribution in [2.45, 2.75) is 40.2 Å². The predicted octanol–water partition coefficient (Wildman–Crippen LogP) is 4.71. The van der Waals surface area contributed by atoms with Crippen molar-refractivity contribution in [3.63, 3.8) is 0 Å². The zero-order valence-corrected chi connectivity index (χ0v) is 18.2. The number of fused-ring (bicyclic) bond motifs is 1. The zero-order chi connectivity index (χ0) is 21.8. The Morgan fingerprint density at radius 3 is 2.45 bits per heavy atom. The Morgan fingerprint density at radius 1 is 1.03 bits per heavy atom. The fraction of sp³-hybridized carbons (Fsp3) is 0.333. The van der Waals surface area contributed by atoms with Crippen LogP contribution in [0.1, 0.15) is 32.3 Å². The van der Waals surface area contributed by atoms with E-state index < -0.39 is 0 Å². The van der Waals surface area contributed by atoms with Crippen molar-refractivity contribution in [2.24, 2.45) is 0 Å². The number of rotatable bonds is 8. The molecule has 0 unspecified atom stereocenters. The van der Waals surface area contributed by atoms with Crippen molar-refractivity contribution >= 4 is 16.8 Å². The molecule has 4 rings (SSSR count). The number of amides is 1. The average Bonchev–Trinajstić information content (AvgIpc) is 3.40. The molecule has 0 fully saturated rings. The highest BCUT2D eigenvalue weighted by Crippen LogP contribution is 2.28. The van der Waals surface area contributed by atoms with E-state index in [0.29, 0.717) is 17.4 Å². The van der Waals surface area contributed by atoms with E-state index in [1.165, 1.54) is 5.56 Å². The average molecular weight is 418 g/mol. The summed E-state index contributed by atoms with van der Waals surface area (Å²) < 4.78 is 7.29. The fourth-order valence-electron chi connectivity index (χ4n) is 3.67. The smallest absolute Gasteiger partial charge is 0.279 e. The number of hydrogen-bond acceptors (Lipinski definition) is 5. The molecule has 0 spiro atoms. The SMILES string of the molecule is CCCN(CCC)C(=O)Cn1nc(-c2nc(-c3ccc(C)cc3)no2)c2ccccc21. The molecule has 4 aromatic rings. The number of para-hydroxylation sites is 1. The Morgan fingerprint density at radius 2 is 1.74 bits per heavy atom. The molecule has 0 N–H and O–H groups in total. The second kappa shape index (κ2) is 9.12. The largest absolute Gasteiger partial charge is 0.341 e. The number of aryl methyl sites for hydroxylation is 1. The molecule has 0 radical (unpaired) electrons. The van der Waals surface area contributed by atoms with E-state index in [2.05, 4.69) is 24.0 Å². The van der Waals surface area contributed by atoms with Gasteiger partial charge in [-0.3, -0.25) is 9.48 Å². The molecule has 2 heterocycles. The number of hydrogen-bond donors (Lipinski definition) is 0. The monoisotopic (exact) mass is 417 g/mol. The van der Waals surface area contributed by atoms with Gasteiger partial charge in [-0.25, -0.2) is 0 Å². The first kappa shape index (κ1) is 20.8. The van der Waals surface area contributed by atoms with Crippen molar-refractivity contribution in [1.82, 2.24) is 24.8 Å². The Labute approximate surface area is 181 Å². The molecule has 31 heavy (non-hydrogen) atoms. The summed E-state index contributed by atoms with van der Waals surface area (Å²) in [6, 6.07) is 15.8. The van der Waals surface area contributed by atoms with Crippen LogP contribution in [0.2, 0.25) is 0 Å². The summed E-state index contributed by atoms with van der Waals surface area (Å²) >= 11 is 0. The quantitative estimate of drug-likeness (QED) is 0.415. The van der Waals surface area contributed by atoms with Gasteiger partial charge in [-0.05, 0) is 25.8 Å². The molecule has 2 aromatic carbocycles. The van der Waals surface area contributed by atoms with E-state index in [1.807, 2.05) is 60.4 Å². The van der Waals surface area contributed by atoms with Crippen LogP contribution in [0, 0.1) is 6.92 Å². The molecule has 7 heteroatoms. The summed E-state index contributed by atoms with van der Waals surface area (Å²) in [5.74, 6) is 0.924. The third-order valence-corrected chi connectivity index (χ3v) is 5.22. The lowest BCUT2D eigenvalue weighted by Gasteiger charge is -2.21. The Bertz CT molecular complexity index is 1170. The molecular weight excluding hydrogens is 390 g/mol.